The number of hydrogen-bond acceptors (Lipinski definition) is 6. The van der Waals surface area contributed by atoms with E-state index in [0.29, 0.717) is 23.8 Å². The predicted octanol–water partition coefficient (Wildman–Crippen LogP) is 4.09. The molecule has 2 aromatic carbocycles. The molecule has 0 amide bonds. The van der Waals surface area contributed by atoms with Gasteiger partial charge in [0.05, 0.1) is 23.7 Å². The molecule has 0 spiro atoms. The average molecular weight is 481 g/mol. The van der Waals surface area contributed by atoms with Crippen LogP contribution < -0.4 is 20.5 Å². The van der Waals surface area contributed by atoms with E-state index in [0.717, 1.165) is 35.0 Å². The van der Waals surface area contributed by atoms with Crippen LogP contribution in [0.2, 0.25) is 0 Å². The second-order valence-electron chi connectivity index (χ2n) is 7.35. The van der Waals surface area contributed by atoms with E-state index in [1.165, 1.54) is 12.1 Å². The summed E-state index contributed by atoms with van der Waals surface area (Å²) in [6, 6.07) is 9.98. The summed E-state index contributed by atoms with van der Waals surface area (Å²) < 4.78 is 33.8. The second kappa shape index (κ2) is 11.9. The predicted molar refractivity (Wildman–Crippen MR) is 125 cm³/mol. The number of rotatable bonds is 8. The monoisotopic (exact) mass is 481 g/mol. The molecule has 0 bridgehead atoms. The number of halogens is 1. The van der Waals surface area contributed by atoms with Gasteiger partial charge in [-0.2, -0.15) is 0 Å². The zero-order valence-electron chi connectivity index (χ0n) is 18.7. The van der Waals surface area contributed by atoms with Crippen LogP contribution in [0.4, 0.5) is 10.1 Å². The fraction of sp³-hybridized carbons (Fsp3) is 0.318. The number of methoxy groups -OCH3 is 1. The second-order valence-corrected chi connectivity index (χ2v) is 8.38. The van der Waals surface area contributed by atoms with E-state index in [9.17, 15) is 4.39 Å². The zero-order chi connectivity index (χ0) is 24.6. The summed E-state index contributed by atoms with van der Waals surface area (Å²) in [5, 5.41) is 4.38. The molecule has 0 aliphatic carbocycles. The Morgan fingerprint density at radius 1 is 1.21 bits per heavy atom. The van der Waals surface area contributed by atoms with Crippen molar-refractivity contribution in [2.75, 3.05) is 19.0 Å². The van der Waals surface area contributed by atoms with Crippen molar-refractivity contribution in [1.82, 2.24) is 4.98 Å². The Kier molecular flexibility index (Phi) is 9.57. The first-order valence-electron chi connectivity index (χ1n) is 10.2. The Balaban J connectivity index is 0.000000696. The topological polar surface area (TPSA) is 147 Å². The number of phosphoric acid groups is 1. The summed E-state index contributed by atoms with van der Waals surface area (Å²) in [7, 11) is -3.04. The zero-order valence-corrected chi connectivity index (χ0v) is 19.6. The Hall–Kier alpha value is -2.75. The summed E-state index contributed by atoms with van der Waals surface area (Å²) >= 11 is 0. The molecule has 1 unspecified atom stereocenters. The lowest BCUT2D eigenvalue weighted by Crippen LogP contribution is -2.17. The van der Waals surface area contributed by atoms with Gasteiger partial charge < -0.3 is 35.2 Å². The maximum atomic E-state index is 13.2. The third kappa shape index (κ3) is 8.27. The molecule has 3 rings (SSSR count). The van der Waals surface area contributed by atoms with Crippen LogP contribution in [0.25, 0.3) is 10.9 Å². The standard InChI is InChI=1S/C22H26FN3O2.H3O4P/c1-14-10-12-25-21-18(26-15(2)5-4-11-24)13-19(27-3)22(20(14)21)28-17-8-6-16(23)7-9-17;1-5(2,3)4/h6-10,12-13,15,26H,4-5,11,24H2,1-3H3;(H3,1,2,3,4). The van der Waals surface area contributed by atoms with Crippen molar-refractivity contribution < 1.29 is 33.1 Å². The van der Waals surface area contributed by atoms with Gasteiger partial charge in [0.25, 0.3) is 0 Å². The number of aromatic nitrogens is 1. The van der Waals surface area contributed by atoms with Crippen molar-refractivity contribution in [3.63, 3.8) is 0 Å². The largest absolute Gasteiger partial charge is 0.493 e. The minimum Gasteiger partial charge on any atom is -0.493 e. The summed E-state index contributed by atoms with van der Waals surface area (Å²) in [5.41, 5.74) is 8.33. The number of anilines is 1. The molecule has 1 aromatic heterocycles. The van der Waals surface area contributed by atoms with Crippen LogP contribution in [-0.2, 0) is 4.57 Å². The highest BCUT2D eigenvalue weighted by Crippen LogP contribution is 2.43. The number of aryl methyl sites for hydroxylation is 1. The fourth-order valence-electron chi connectivity index (χ4n) is 3.18. The smallest absolute Gasteiger partial charge is 0.466 e. The maximum absolute atomic E-state index is 13.2. The van der Waals surface area contributed by atoms with Gasteiger partial charge in [-0.15, -0.1) is 0 Å². The van der Waals surface area contributed by atoms with Crippen LogP contribution in [0.15, 0.2) is 42.6 Å². The van der Waals surface area contributed by atoms with E-state index >= 15 is 0 Å². The first-order valence-corrected chi connectivity index (χ1v) is 11.7. The molecule has 11 heteroatoms. The molecular weight excluding hydrogens is 452 g/mol. The van der Waals surface area contributed by atoms with Crippen LogP contribution in [0, 0.1) is 12.7 Å². The molecule has 180 valence electrons. The number of benzene rings is 2. The number of nitrogens with two attached hydrogens (primary N) is 1. The van der Waals surface area contributed by atoms with E-state index in [1.54, 1.807) is 25.4 Å². The minimum atomic E-state index is -4.64. The number of fused-ring (bicyclic) bond motifs is 1. The quantitative estimate of drug-likeness (QED) is 0.300. The van der Waals surface area contributed by atoms with Crippen LogP contribution in [0.1, 0.15) is 25.3 Å². The molecular formula is C22H29FN3O6P. The molecule has 0 aliphatic rings. The Morgan fingerprint density at radius 2 is 1.85 bits per heavy atom. The number of nitrogens with zero attached hydrogens (tertiary/aromatic N) is 1. The molecule has 0 aliphatic heterocycles. The van der Waals surface area contributed by atoms with Crippen molar-refractivity contribution in [3.05, 3.63) is 54.0 Å². The van der Waals surface area contributed by atoms with Gasteiger partial charge >= 0.3 is 7.82 Å². The lowest BCUT2D eigenvalue weighted by Gasteiger charge is -2.20. The fourth-order valence-corrected chi connectivity index (χ4v) is 3.18. The third-order valence-corrected chi connectivity index (χ3v) is 4.64. The minimum absolute atomic E-state index is 0.239. The Morgan fingerprint density at radius 3 is 2.42 bits per heavy atom. The van der Waals surface area contributed by atoms with Gasteiger partial charge in [0.1, 0.15) is 11.6 Å². The highest BCUT2D eigenvalue weighted by molar-refractivity contribution is 7.45. The third-order valence-electron chi connectivity index (χ3n) is 4.64. The highest BCUT2D eigenvalue weighted by Gasteiger charge is 2.19. The van der Waals surface area contributed by atoms with Crippen LogP contribution in [-0.4, -0.2) is 39.4 Å². The van der Waals surface area contributed by atoms with Gasteiger partial charge in [0.15, 0.2) is 11.5 Å². The molecule has 0 saturated carbocycles. The van der Waals surface area contributed by atoms with E-state index < -0.39 is 7.82 Å². The van der Waals surface area contributed by atoms with Crippen LogP contribution >= 0.6 is 7.82 Å². The lowest BCUT2D eigenvalue weighted by atomic mass is 10.1. The molecule has 0 radical (unpaired) electrons. The van der Waals surface area contributed by atoms with Gasteiger partial charge in [-0.1, -0.05) is 0 Å². The molecule has 0 saturated heterocycles. The molecule has 6 N–H and O–H groups in total. The molecule has 1 atom stereocenters. The number of ether oxygens (including phenoxy) is 2. The van der Waals surface area contributed by atoms with Crippen molar-refractivity contribution in [2.45, 2.75) is 32.7 Å². The van der Waals surface area contributed by atoms with E-state index in [1.807, 2.05) is 19.1 Å². The van der Waals surface area contributed by atoms with Crippen molar-refractivity contribution in [3.8, 4) is 17.2 Å². The molecule has 9 nitrogen and oxygen atoms in total. The van der Waals surface area contributed by atoms with E-state index in [-0.39, 0.29) is 11.9 Å². The van der Waals surface area contributed by atoms with Crippen molar-refractivity contribution in [2.24, 2.45) is 5.73 Å². The van der Waals surface area contributed by atoms with Crippen molar-refractivity contribution in [1.29, 1.82) is 0 Å². The first-order chi connectivity index (χ1) is 15.5. The lowest BCUT2D eigenvalue weighted by molar-refractivity contribution is 0.275. The van der Waals surface area contributed by atoms with E-state index in [4.69, 9.17) is 34.5 Å². The molecule has 1 heterocycles. The SMILES string of the molecule is COc1cc(NC(C)CCCN)c2nccc(C)c2c1Oc1ccc(F)cc1.O=P(O)(O)O. The highest BCUT2D eigenvalue weighted by atomic mass is 31.2. The van der Waals surface area contributed by atoms with Gasteiger partial charge in [-0.25, -0.2) is 8.96 Å². The van der Waals surface area contributed by atoms with Gasteiger partial charge in [0.2, 0.25) is 0 Å². The van der Waals surface area contributed by atoms with Gasteiger partial charge in [-0.05, 0) is 69.1 Å². The van der Waals surface area contributed by atoms with E-state index in [2.05, 4.69) is 17.2 Å². The number of hydrogen-bond donors (Lipinski definition) is 5. The summed E-state index contributed by atoms with van der Waals surface area (Å²) in [5.74, 6) is 1.37. The number of pyridine rings is 1. The maximum Gasteiger partial charge on any atom is 0.466 e. The summed E-state index contributed by atoms with van der Waals surface area (Å²) in [6.07, 6.45) is 3.68. The van der Waals surface area contributed by atoms with Crippen LogP contribution in [0.5, 0.6) is 17.2 Å². The summed E-state index contributed by atoms with van der Waals surface area (Å²) in [6.45, 7) is 4.78. The Bertz CT molecular complexity index is 1100. The normalized spacial score (nSPS) is 12.0. The van der Waals surface area contributed by atoms with Gasteiger partial charge in [0, 0.05) is 18.3 Å². The summed E-state index contributed by atoms with van der Waals surface area (Å²) in [4.78, 5) is 26.1. The molecule has 0 fully saturated rings. The van der Waals surface area contributed by atoms with Crippen molar-refractivity contribution >= 4 is 24.4 Å². The van der Waals surface area contributed by atoms with Crippen LogP contribution in [0.3, 0.4) is 0 Å². The number of nitrogens with one attached hydrogen (secondary N) is 1. The first kappa shape index (κ1) is 26.5. The molecule has 33 heavy (non-hydrogen) atoms. The Labute approximate surface area is 191 Å². The molecule has 3 aromatic rings. The average Bonchev–Trinajstić information content (AvgIpc) is 2.74. The van der Waals surface area contributed by atoms with Gasteiger partial charge in [-0.3, -0.25) is 4.98 Å².